The average molecular weight is 304 g/mol. The van der Waals surface area contributed by atoms with Crippen molar-refractivity contribution in [2.75, 3.05) is 18.8 Å². The first-order chi connectivity index (χ1) is 9.97. The van der Waals surface area contributed by atoms with Crippen molar-refractivity contribution in [2.45, 2.75) is 33.0 Å². The second-order valence-corrected chi connectivity index (χ2v) is 6.78. The molecule has 0 bridgehead atoms. The van der Waals surface area contributed by atoms with Crippen LogP contribution < -0.4 is 5.73 Å². The number of morpholine rings is 1. The highest BCUT2D eigenvalue weighted by Gasteiger charge is 2.29. The smallest absolute Gasteiger partial charge is 0.266 e. The van der Waals surface area contributed by atoms with Gasteiger partial charge in [-0.25, -0.2) is 0 Å². The second-order valence-electron chi connectivity index (χ2n) is 5.76. The van der Waals surface area contributed by atoms with E-state index in [1.807, 2.05) is 43.9 Å². The number of ether oxygens (including phenoxy) is 1. The van der Waals surface area contributed by atoms with Gasteiger partial charge in [-0.1, -0.05) is 18.2 Å². The van der Waals surface area contributed by atoms with Crippen LogP contribution in [-0.4, -0.2) is 36.1 Å². The Morgan fingerprint density at radius 1 is 1.33 bits per heavy atom. The molecule has 2 aromatic rings. The van der Waals surface area contributed by atoms with Crippen molar-refractivity contribution >= 4 is 33.0 Å². The summed E-state index contributed by atoms with van der Waals surface area (Å²) >= 11 is 1.50. The molecule has 3 rings (SSSR count). The van der Waals surface area contributed by atoms with Crippen molar-refractivity contribution in [1.82, 2.24) is 4.90 Å². The van der Waals surface area contributed by atoms with Crippen LogP contribution in [0.2, 0.25) is 0 Å². The highest BCUT2D eigenvalue weighted by molar-refractivity contribution is 7.21. The van der Waals surface area contributed by atoms with E-state index in [4.69, 9.17) is 10.5 Å². The molecule has 0 radical (unpaired) electrons. The molecule has 2 N–H and O–H groups in total. The number of benzene rings is 1. The van der Waals surface area contributed by atoms with Crippen molar-refractivity contribution in [3.05, 3.63) is 28.6 Å². The van der Waals surface area contributed by atoms with Crippen LogP contribution in [0.1, 0.15) is 29.1 Å². The summed E-state index contributed by atoms with van der Waals surface area (Å²) < 4.78 is 6.79. The van der Waals surface area contributed by atoms with Crippen LogP contribution in [0.4, 0.5) is 5.69 Å². The molecule has 1 aliphatic rings. The van der Waals surface area contributed by atoms with Gasteiger partial charge in [-0.15, -0.1) is 11.3 Å². The van der Waals surface area contributed by atoms with Crippen LogP contribution in [-0.2, 0) is 4.74 Å². The molecule has 112 valence electrons. The molecule has 0 aliphatic carbocycles. The van der Waals surface area contributed by atoms with Crippen LogP contribution >= 0.6 is 11.3 Å². The lowest BCUT2D eigenvalue weighted by Gasteiger charge is -2.35. The van der Waals surface area contributed by atoms with Gasteiger partial charge in [-0.05, 0) is 26.3 Å². The number of carbonyl (C=O) groups is 1. The van der Waals surface area contributed by atoms with Crippen molar-refractivity contribution < 1.29 is 9.53 Å². The fourth-order valence-corrected chi connectivity index (χ4v) is 4.08. The zero-order valence-electron chi connectivity index (χ0n) is 12.6. The molecule has 2 atom stereocenters. The minimum absolute atomic E-state index is 0.0232. The minimum Gasteiger partial charge on any atom is -0.397 e. The Morgan fingerprint density at radius 3 is 2.62 bits per heavy atom. The van der Waals surface area contributed by atoms with Crippen LogP contribution in [0.25, 0.3) is 10.1 Å². The number of nitrogen functional groups attached to an aromatic ring is 1. The molecular weight excluding hydrogens is 284 g/mol. The molecule has 1 aromatic carbocycles. The molecule has 1 fully saturated rings. The summed E-state index contributed by atoms with van der Waals surface area (Å²) in [6.07, 6.45) is 0.130. The zero-order valence-corrected chi connectivity index (χ0v) is 13.4. The first-order valence-electron chi connectivity index (χ1n) is 7.19. The molecule has 0 spiro atoms. The van der Waals surface area contributed by atoms with Gasteiger partial charge in [-0.2, -0.15) is 0 Å². The Hall–Kier alpha value is -1.59. The van der Waals surface area contributed by atoms with Crippen LogP contribution in [0.3, 0.4) is 0 Å². The molecule has 1 aliphatic heterocycles. The largest absolute Gasteiger partial charge is 0.397 e. The summed E-state index contributed by atoms with van der Waals surface area (Å²) in [5, 5.41) is 0.984. The van der Waals surface area contributed by atoms with E-state index >= 15 is 0 Å². The van der Waals surface area contributed by atoms with Gasteiger partial charge in [-0.3, -0.25) is 4.79 Å². The van der Waals surface area contributed by atoms with E-state index in [1.54, 1.807) is 0 Å². The number of nitrogens with zero attached hydrogens (tertiary/aromatic N) is 1. The van der Waals surface area contributed by atoms with Crippen molar-refractivity contribution in [1.29, 1.82) is 0 Å². The van der Waals surface area contributed by atoms with Gasteiger partial charge in [0, 0.05) is 23.2 Å². The molecule has 21 heavy (non-hydrogen) atoms. The van der Waals surface area contributed by atoms with Crippen LogP contribution in [0.15, 0.2) is 18.2 Å². The lowest BCUT2D eigenvalue weighted by Crippen LogP contribution is -2.48. The Balaban J connectivity index is 1.98. The third kappa shape index (κ3) is 2.51. The quantitative estimate of drug-likeness (QED) is 0.881. The number of amides is 1. The van der Waals surface area contributed by atoms with Crippen LogP contribution in [0.5, 0.6) is 0 Å². The average Bonchev–Trinajstić information content (AvgIpc) is 2.76. The van der Waals surface area contributed by atoms with E-state index in [-0.39, 0.29) is 18.1 Å². The number of anilines is 1. The summed E-state index contributed by atoms with van der Waals surface area (Å²) in [5.41, 5.74) is 7.98. The number of rotatable bonds is 1. The summed E-state index contributed by atoms with van der Waals surface area (Å²) in [6, 6.07) is 6.01. The normalized spacial score (nSPS) is 22.7. The molecule has 1 saturated heterocycles. The van der Waals surface area contributed by atoms with Crippen molar-refractivity contribution in [3.8, 4) is 0 Å². The topological polar surface area (TPSA) is 55.6 Å². The molecular formula is C16H20N2O2S. The third-order valence-corrected chi connectivity index (χ3v) is 5.20. The van der Waals surface area contributed by atoms with E-state index in [1.165, 1.54) is 11.3 Å². The monoisotopic (exact) mass is 304 g/mol. The maximum Gasteiger partial charge on any atom is 0.266 e. The van der Waals surface area contributed by atoms with E-state index in [0.29, 0.717) is 23.7 Å². The lowest BCUT2D eigenvalue weighted by atomic mass is 10.1. The molecule has 5 heteroatoms. The van der Waals surface area contributed by atoms with Crippen molar-refractivity contribution in [2.24, 2.45) is 0 Å². The van der Waals surface area contributed by atoms with E-state index in [9.17, 15) is 4.79 Å². The predicted molar refractivity (Wildman–Crippen MR) is 86.9 cm³/mol. The lowest BCUT2D eigenvalue weighted by molar-refractivity contribution is -0.0584. The predicted octanol–water partition coefficient (Wildman–Crippen LogP) is 3.04. The number of hydrogen-bond acceptors (Lipinski definition) is 4. The van der Waals surface area contributed by atoms with Gasteiger partial charge >= 0.3 is 0 Å². The fourth-order valence-electron chi connectivity index (χ4n) is 2.93. The Labute approximate surface area is 128 Å². The summed E-state index contributed by atoms with van der Waals surface area (Å²) in [6.45, 7) is 7.28. The summed E-state index contributed by atoms with van der Waals surface area (Å²) in [5.74, 6) is 0.0232. The summed E-state index contributed by atoms with van der Waals surface area (Å²) in [7, 11) is 0. The Kier molecular flexibility index (Phi) is 3.63. The molecule has 4 nitrogen and oxygen atoms in total. The maximum atomic E-state index is 12.8. The number of aryl methyl sites for hydroxylation is 1. The van der Waals surface area contributed by atoms with Crippen LogP contribution in [0, 0.1) is 6.92 Å². The van der Waals surface area contributed by atoms with E-state index < -0.39 is 0 Å². The first-order valence-corrected chi connectivity index (χ1v) is 8.01. The van der Waals surface area contributed by atoms with E-state index in [2.05, 4.69) is 0 Å². The number of fused-ring (bicyclic) bond motifs is 1. The Bertz CT molecular complexity index is 685. The third-order valence-electron chi connectivity index (χ3n) is 3.85. The maximum absolute atomic E-state index is 12.8. The molecule has 2 heterocycles. The van der Waals surface area contributed by atoms with Gasteiger partial charge in [0.25, 0.3) is 5.91 Å². The SMILES string of the molecule is Cc1cccc2c(N)c(C(=O)N3C[C@@H](C)O[C@@H](C)C3)sc12. The highest BCUT2D eigenvalue weighted by Crippen LogP contribution is 2.36. The second kappa shape index (κ2) is 5.31. The van der Waals surface area contributed by atoms with Gasteiger partial charge in [0.2, 0.25) is 0 Å². The molecule has 1 aromatic heterocycles. The van der Waals surface area contributed by atoms with Gasteiger partial charge < -0.3 is 15.4 Å². The van der Waals surface area contributed by atoms with Gasteiger partial charge in [0.05, 0.1) is 17.9 Å². The zero-order chi connectivity index (χ0) is 15.1. The molecule has 0 saturated carbocycles. The number of carbonyl (C=O) groups excluding carboxylic acids is 1. The highest BCUT2D eigenvalue weighted by atomic mass is 32.1. The van der Waals surface area contributed by atoms with Gasteiger partial charge in [0.15, 0.2) is 0 Å². The number of nitrogens with two attached hydrogens (primary N) is 1. The number of hydrogen-bond donors (Lipinski definition) is 1. The standard InChI is InChI=1S/C16H20N2O2S/c1-9-5-4-6-12-13(17)15(21-14(9)12)16(19)18-7-10(2)20-11(3)8-18/h4-6,10-11H,7-8,17H2,1-3H3/t10-,11+. The minimum atomic E-state index is 0.0232. The van der Waals surface area contributed by atoms with E-state index in [0.717, 1.165) is 15.6 Å². The number of thiophene rings is 1. The van der Waals surface area contributed by atoms with Crippen molar-refractivity contribution in [3.63, 3.8) is 0 Å². The molecule has 0 unspecified atom stereocenters. The molecule has 1 amide bonds. The first kappa shape index (κ1) is 14.4. The summed E-state index contributed by atoms with van der Waals surface area (Å²) in [4.78, 5) is 15.3. The fraction of sp³-hybridized carbons (Fsp3) is 0.438. The Morgan fingerprint density at radius 2 is 2.00 bits per heavy atom. The van der Waals surface area contributed by atoms with Gasteiger partial charge in [0.1, 0.15) is 4.88 Å².